The van der Waals surface area contributed by atoms with Gasteiger partial charge in [0.05, 0.1) is 20.3 Å². The first-order valence-electron chi connectivity index (χ1n) is 8.53. The van der Waals surface area contributed by atoms with Crippen LogP contribution >= 0.6 is 11.6 Å². The second-order valence-electron chi connectivity index (χ2n) is 6.06. The summed E-state index contributed by atoms with van der Waals surface area (Å²) >= 11 is 5.84. The highest BCUT2D eigenvalue weighted by molar-refractivity contribution is 6.29. The zero-order valence-electron chi connectivity index (χ0n) is 14.5. The van der Waals surface area contributed by atoms with Crippen molar-refractivity contribution in [2.24, 2.45) is 0 Å². The van der Waals surface area contributed by atoms with Gasteiger partial charge in [-0.1, -0.05) is 29.8 Å². The number of aromatic nitrogens is 1. The predicted molar refractivity (Wildman–Crippen MR) is 99.1 cm³/mol. The highest BCUT2D eigenvalue weighted by atomic mass is 35.5. The Morgan fingerprint density at radius 2 is 1.96 bits per heavy atom. The van der Waals surface area contributed by atoms with Crippen LogP contribution in [0.2, 0.25) is 5.15 Å². The van der Waals surface area contributed by atoms with Gasteiger partial charge in [-0.15, -0.1) is 0 Å². The van der Waals surface area contributed by atoms with E-state index in [1.807, 2.05) is 30.5 Å². The summed E-state index contributed by atoms with van der Waals surface area (Å²) in [5.41, 5.74) is 2.41. The zero-order chi connectivity index (χ0) is 17.5. The molecule has 1 N–H and O–H groups in total. The van der Waals surface area contributed by atoms with Crippen LogP contribution in [0.4, 0.5) is 0 Å². The molecule has 1 aromatic carbocycles. The van der Waals surface area contributed by atoms with Gasteiger partial charge in [-0.3, -0.25) is 4.90 Å². The van der Waals surface area contributed by atoms with Crippen LogP contribution in [0.5, 0.6) is 5.75 Å². The fourth-order valence-corrected chi connectivity index (χ4v) is 3.15. The van der Waals surface area contributed by atoms with Crippen molar-refractivity contribution in [1.29, 1.82) is 0 Å². The molecule has 1 atom stereocenters. The van der Waals surface area contributed by atoms with Crippen molar-refractivity contribution in [2.75, 3.05) is 40.0 Å². The molecule has 2 aromatic rings. The quantitative estimate of drug-likeness (QED) is 0.768. The summed E-state index contributed by atoms with van der Waals surface area (Å²) in [6, 6.07) is 12.4. The average Bonchev–Trinajstić information content (AvgIpc) is 2.67. The molecule has 0 radical (unpaired) electrons. The maximum atomic E-state index is 5.84. The standard InChI is InChI=1S/C19H24ClN3O2/c1-24-17-5-3-16(4-6-17)18(23-8-10-25-11-9-23)14-21-12-15-2-7-19(20)22-13-15/h2-7,13,18,21H,8-12,14H2,1H3. The van der Waals surface area contributed by atoms with Crippen LogP contribution in [0.25, 0.3) is 0 Å². The Balaban J connectivity index is 1.65. The molecule has 1 aromatic heterocycles. The second-order valence-corrected chi connectivity index (χ2v) is 6.44. The third kappa shape index (κ3) is 5.16. The molecule has 2 heterocycles. The summed E-state index contributed by atoms with van der Waals surface area (Å²) in [4.78, 5) is 6.60. The van der Waals surface area contributed by atoms with E-state index < -0.39 is 0 Å². The van der Waals surface area contributed by atoms with Gasteiger partial charge >= 0.3 is 0 Å². The predicted octanol–water partition coefficient (Wildman–Crippen LogP) is 2.91. The van der Waals surface area contributed by atoms with E-state index in [4.69, 9.17) is 21.1 Å². The van der Waals surface area contributed by atoms with Gasteiger partial charge in [-0.2, -0.15) is 0 Å². The van der Waals surface area contributed by atoms with Crippen molar-refractivity contribution in [3.05, 3.63) is 58.9 Å². The summed E-state index contributed by atoms with van der Waals surface area (Å²) in [6.07, 6.45) is 1.81. The molecule has 0 spiro atoms. The maximum absolute atomic E-state index is 5.84. The molecule has 0 saturated carbocycles. The minimum absolute atomic E-state index is 0.301. The number of rotatable bonds is 7. The van der Waals surface area contributed by atoms with Gasteiger partial charge in [0.15, 0.2) is 0 Å². The SMILES string of the molecule is COc1ccc(C(CNCc2ccc(Cl)nc2)N2CCOCC2)cc1. The molecule has 1 aliphatic heterocycles. The van der Waals surface area contributed by atoms with E-state index in [1.54, 1.807) is 7.11 Å². The number of hydrogen-bond acceptors (Lipinski definition) is 5. The molecular formula is C19H24ClN3O2. The van der Waals surface area contributed by atoms with Gasteiger partial charge in [0, 0.05) is 38.4 Å². The summed E-state index contributed by atoms with van der Waals surface area (Å²) in [6.45, 7) is 5.08. The molecule has 0 aliphatic carbocycles. The third-order valence-corrected chi connectivity index (χ3v) is 4.67. The van der Waals surface area contributed by atoms with Gasteiger partial charge in [-0.25, -0.2) is 4.98 Å². The lowest BCUT2D eigenvalue weighted by Crippen LogP contribution is -2.42. The number of pyridine rings is 1. The van der Waals surface area contributed by atoms with E-state index >= 15 is 0 Å². The first kappa shape index (κ1) is 18.1. The number of methoxy groups -OCH3 is 1. The molecule has 6 heteroatoms. The number of nitrogens with one attached hydrogen (secondary N) is 1. The molecule has 1 unspecified atom stereocenters. The second kappa shape index (κ2) is 9.15. The van der Waals surface area contributed by atoms with Gasteiger partial charge in [0.25, 0.3) is 0 Å². The Hall–Kier alpha value is -1.66. The molecule has 0 amide bonds. The maximum Gasteiger partial charge on any atom is 0.129 e. The molecule has 1 fully saturated rings. The number of nitrogens with zero attached hydrogens (tertiary/aromatic N) is 2. The van der Waals surface area contributed by atoms with E-state index in [9.17, 15) is 0 Å². The van der Waals surface area contributed by atoms with Crippen LogP contribution in [-0.4, -0.2) is 49.8 Å². The zero-order valence-corrected chi connectivity index (χ0v) is 15.2. The topological polar surface area (TPSA) is 46.6 Å². The number of benzene rings is 1. The molecule has 134 valence electrons. The van der Waals surface area contributed by atoms with E-state index in [2.05, 4.69) is 27.3 Å². The highest BCUT2D eigenvalue weighted by Crippen LogP contribution is 2.23. The lowest BCUT2D eigenvalue weighted by Gasteiger charge is -2.35. The molecule has 1 saturated heterocycles. The minimum atomic E-state index is 0.301. The first-order chi connectivity index (χ1) is 12.3. The molecule has 25 heavy (non-hydrogen) atoms. The lowest BCUT2D eigenvalue weighted by atomic mass is 10.0. The third-order valence-electron chi connectivity index (χ3n) is 4.44. The Bertz CT molecular complexity index is 643. The number of morpholine rings is 1. The van der Waals surface area contributed by atoms with Crippen LogP contribution in [-0.2, 0) is 11.3 Å². The van der Waals surface area contributed by atoms with Crippen LogP contribution in [0.3, 0.4) is 0 Å². The Kier molecular flexibility index (Phi) is 6.64. The fraction of sp³-hybridized carbons (Fsp3) is 0.421. The summed E-state index contributed by atoms with van der Waals surface area (Å²) in [5.74, 6) is 0.879. The number of halogens is 1. The lowest BCUT2D eigenvalue weighted by molar-refractivity contribution is 0.0161. The monoisotopic (exact) mass is 361 g/mol. The van der Waals surface area contributed by atoms with Gasteiger partial charge in [0.2, 0.25) is 0 Å². The Morgan fingerprint density at radius 3 is 2.60 bits per heavy atom. The van der Waals surface area contributed by atoms with Crippen LogP contribution in [0.15, 0.2) is 42.6 Å². The number of ether oxygens (including phenoxy) is 2. The van der Waals surface area contributed by atoms with Crippen molar-refractivity contribution < 1.29 is 9.47 Å². The van der Waals surface area contributed by atoms with E-state index in [1.165, 1.54) is 5.56 Å². The summed E-state index contributed by atoms with van der Waals surface area (Å²) in [7, 11) is 1.69. The summed E-state index contributed by atoms with van der Waals surface area (Å²) in [5, 5.41) is 4.07. The summed E-state index contributed by atoms with van der Waals surface area (Å²) < 4.78 is 10.8. The van der Waals surface area contributed by atoms with E-state index in [0.29, 0.717) is 11.2 Å². The van der Waals surface area contributed by atoms with Crippen LogP contribution in [0, 0.1) is 0 Å². The van der Waals surface area contributed by atoms with Crippen molar-refractivity contribution in [3.8, 4) is 5.75 Å². The number of hydrogen-bond donors (Lipinski definition) is 1. The largest absolute Gasteiger partial charge is 0.497 e. The molecule has 5 nitrogen and oxygen atoms in total. The van der Waals surface area contributed by atoms with E-state index in [0.717, 1.165) is 50.7 Å². The van der Waals surface area contributed by atoms with Crippen molar-refractivity contribution in [1.82, 2.24) is 15.2 Å². The molecule has 3 rings (SSSR count). The minimum Gasteiger partial charge on any atom is -0.497 e. The highest BCUT2D eigenvalue weighted by Gasteiger charge is 2.22. The molecular weight excluding hydrogens is 338 g/mol. The van der Waals surface area contributed by atoms with Crippen LogP contribution < -0.4 is 10.1 Å². The normalized spacial score (nSPS) is 16.6. The Morgan fingerprint density at radius 1 is 1.20 bits per heavy atom. The van der Waals surface area contributed by atoms with Crippen LogP contribution in [0.1, 0.15) is 17.2 Å². The smallest absolute Gasteiger partial charge is 0.129 e. The van der Waals surface area contributed by atoms with Gasteiger partial charge < -0.3 is 14.8 Å². The molecule has 1 aliphatic rings. The van der Waals surface area contributed by atoms with Gasteiger partial charge in [0.1, 0.15) is 10.9 Å². The van der Waals surface area contributed by atoms with Crippen molar-refractivity contribution in [3.63, 3.8) is 0 Å². The Labute approximate surface area is 153 Å². The van der Waals surface area contributed by atoms with E-state index in [-0.39, 0.29) is 0 Å². The van der Waals surface area contributed by atoms with Crippen molar-refractivity contribution in [2.45, 2.75) is 12.6 Å². The molecule has 0 bridgehead atoms. The first-order valence-corrected chi connectivity index (χ1v) is 8.91. The average molecular weight is 362 g/mol. The van der Waals surface area contributed by atoms with Gasteiger partial charge in [-0.05, 0) is 29.3 Å². The van der Waals surface area contributed by atoms with Crippen molar-refractivity contribution >= 4 is 11.6 Å². The fourth-order valence-electron chi connectivity index (χ4n) is 3.04.